The molecule has 3 rings (SSSR count). The minimum atomic E-state index is 0.0695. The summed E-state index contributed by atoms with van der Waals surface area (Å²) in [4.78, 5) is 26.3. The number of carbonyl (C=O) groups excluding carboxylic acids is 2. The molecule has 0 bridgehead atoms. The van der Waals surface area contributed by atoms with Crippen LogP contribution in [0.2, 0.25) is 0 Å². The van der Waals surface area contributed by atoms with Crippen molar-refractivity contribution in [2.75, 3.05) is 29.9 Å². The van der Waals surface area contributed by atoms with Crippen molar-refractivity contribution in [1.82, 2.24) is 4.90 Å². The summed E-state index contributed by atoms with van der Waals surface area (Å²) < 4.78 is 0. The van der Waals surface area contributed by atoms with Crippen LogP contribution < -0.4 is 5.32 Å². The highest BCUT2D eigenvalue weighted by atomic mass is 32.2. The third-order valence-electron chi connectivity index (χ3n) is 3.83. The van der Waals surface area contributed by atoms with Gasteiger partial charge in [-0.1, -0.05) is 6.07 Å². The van der Waals surface area contributed by atoms with Crippen molar-refractivity contribution in [3.63, 3.8) is 0 Å². The van der Waals surface area contributed by atoms with Crippen LogP contribution in [-0.4, -0.2) is 41.3 Å². The molecule has 1 aromatic rings. The van der Waals surface area contributed by atoms with Crippen LogP contribution in [0.25, 0.3) is 0 Å². The van der Waals surface area contributed by atoms with Gasteiger partial charge < -0.3 is 10.2 Å². The Morgan fingerprint density at radius 1 is 1.19 bits per heavy atom. The first-order chi connectivity index (χ1) is 10.2. The van der Waals surface area contributed by atoms with Crippen LogP contribution in [0.1, 0.15) is 29.6 Å². The Balaban J connectivity index is 1.68. The van der Waals surface area contributed by atoms with Gasteiger partial charge in [0.1, 0.15) is 0 Å². The second-order valence-corrected chi connectivity index (χ2v) is 6.83. The molecule has 2 amide bonds. The lowest BCUT2D eigenvalue weighted by Gasteiger charge is -2.20. The first kappa shape index (κ1) is 14.4. The van der Waals surface area contributed by atoms with Gasteiger partial charge in [0.15, 0.2) is 0 Å². The van der Waals surface area contributed by atoms with E-state index in [1.807, 2.05) is 34.9 Å². The van der Waals surface area contributed by atoms with Crippen molar-refractivity contribution in [3.05, 3.63) is 29.8 Å². The fourth-order valence-electron chi connectivity index (χ4n) is 2.45. The van der Waals surface area contributed by atoms with Crippen molar-refractivity contribution in [2.45, 2.75) is 19.3 Å². The third kappa shape index (κ3) is 3.79. The van der Waals surface area contributed by atoms with Crippen LogP contribution in [0.15, 0.2) is 24.3 Å². The fourth-order valence-corrected chi connectivity index (χ4v) is 3.34. The van der Waals surface area contributed by atoms with Gasteiger partial charge in [-0.2, -0.15) is 11.8 Å². The molecule has 21 heavy (non-hydrogen) atoms. The lowest BCUT2D eigenvalue weighted by molar-refractivity contribution is -0.117. The SMILES string of the molecule is O=C(Nc1cccc(C(=O)N2CCCSCC2)c1)C1CC1. The average molecular weight is 304 g/mol. The predicted molar refractivity (Wildman–Crippen MR) is 85.6 cm³/mol. The molecule has 1 saturated carbocycles. The minimum Gasteiger partial charge on any atom is -0.338 e. The number of hydrogen-bond acceptors (Lipinski definition) is 3. The van der Waals surface area contributed by atoms with Gasteiger partial charge in [-0.25, -0.2) is 0 Å². The topological polar surface area (TPSA) is 49.4 Å². The van der Waals surface area contributed by atoms with Crippen molar-refractivity contribution < 1.29 is 9.59 Å². The highest BCUT2D eigenvalue weighted by Crippen LogP contribution is 2.30. The summed E-state index contributed by atoms with van der Waals surface area (Å²) in [5, 5.41) is 2.90. The highest BCUT2D eigenvalue weighted by Gasteiger charge is 2.29. The number of rotatable bonds is 3. The van der Waals surface area contributed by atoms with Crippen LogP contribution >= 0.6 is 11.8 Å². The summed E-state index contributed by atoms with van der Waals surface area (Å²) in [6, 6.07) is 7.30. The van der Waals surface area contributed by atoms with Crippen molar-refractivity contribution in [3.8, 4) is 0 Å². The average Bonchev–Trinajstić information content (AvgIpc) is 3.33. The molecule has 4 nitrogen and oxygen atoms in total. The molecule has 2 aliphatic rings. The Morgan fingerprint density at radius 3 is 2.86 bits per heavy atom. The van der Waals surface area contributed by atoms with Gasteiger partial charge in [0.05, 0.1) is 0 Å². The van der Waals surface area contributed by atoms with Gasteiger partial charge >= 0.3 is 0 Å². The number of anilines is 1. The molecule has 1 N–H and O–H groups in total. The molecule has 0 radical (unpaired) electrons. The molecular weight excluding hydrogens is 284 g/mol. The lowest BCUT2D eigenvalue weighted by Crippen LogP contribution is -2.33. The summed E-state index contributed by atoms with van der Waals surface area (Å²) in [7, 11) is 0. The molecule has 1 aliphatic heterocycles. The molecule has 5 heteroatoms. The van der Waals surface area contributed by atoms with E-state index in [0.717, 1.165) is 49.5 Å². The molecule has 1 heterocycles. The van der Waals surface area contributed by atoms with Gasteiger partial charge in [-0.3, -0.25) is 9.59 Å². The van der Waals surface area contributed by atoms with Gasteiger partial charge in [0.2, 0.25) is 5.91 Å². The normalized spacial score (nSPS) is 19.0. The molecule has 0 aromatic heterocycles. The maximum absolute atomic E-state index is 12.5. The minimum absolute atomic E-state index is 0.0695. The van der Waals surface area contributed by atoms with Gasteiger partial charge in [0.25, 0.3) is 5.91 Å². The van der Waals surface area contributed by atoms with Crippen molar-refractivity contribution in [1.29, 1.82) is 0 Å². The summed E-state index contributed by atoms with van der Waals surface area (Å²) in [5.41, 5.74) is 1.39. The Hall–Kier alpha value is -1.49. The largest absolute Gasteiger partial charge is 0.338 e. The second kappa shape index (κ2) is 6.52. The van der Waals surface area contributed by atoms with Gasteiger partial charge in [0, 0.05) is 36.0 Å². The summed E-state index contributed by atoms with van der Waals surface area (Å²) >= 11 is 1.90. The summed E-state index contributed by atoms with van der Waals surface area (Å²) in [5.74, 6) is 2.45. The smallest absolute Gasteiger partial charge is 0.253 e. The third-order valence-corrected chi connectivity index (χ3v) is 4.88. The Kier molecular flexibility index (Phi) is 4.48. The van der Waals surface area contributed by atoms with E-state index in [0.29, 0.717) is 5.56 Å². The van der Waals surface area contributed by atoms with Gasteiger partial charge in [-0.05, 0) is 43.2 Å². The van der Waals surface area contributed by atoms with E-state index < -0.39 is 0 Å². The van der Waals surface area contributed by atoms with Crippen LogP contribution in [0.4, 0.5) is 5.69 Å². The monoisotopic (exact) mass is 304 g/mol. The maximum Gasteiger partial charge on any atom is 0.253 e. The fraction of sp³-hybridized carbons (Fsp3) is 0.500. The summed E-state index contributed by atoms with van der Waals surface area (Å²) in [6.07, 6.45) is 3.01. The molecule has 1 aromatic carbocycles. The van der Waals surface area contributed by atoms with Gasteiger partial charge in [-0.15, -0.1) is 0 Å². The molecule has 1 aliphatic carbocycles. The number of amides is 2. The van der Waals surface area contributed by atoms with E-state index in [1.165, 1.54) is 0 Å². The Labute approximate surface area is 129 Å². The van der Waals surface area contributed by atoms with E-state index in [4.69, 9.17) is 0 Å². The molecule has 1 saturated heterocycles. The quantitative estimate of drug-likeness (QED) is 0.934. The van der Waals surface area contributed by atoms with E-state index in [9.17, 15) is 9.59 Å². The standard InChI is InChI=1S/C16H20N2O2S/c19-15(12-5-6-12)17-14-4-1-3-13(11-14)16(20)18-7-2-9-21-10-8-18/h1,3-4,11-12H,2,5-10H2,(H,17,19). The van der Waals surface area contributed by atoms with E-state index in [2.05, 4.69) is 5.32 Å². The summed E-state index contributed by atoms with van der Waals surface area (Å²) in [6.45, 7) is 1.63. The maximum atomic E-state index is 12.5. The van der Waals surface area contributed by atoms with Crippen LogP contribution in [-0.2, 0) is 4.79 Å². The molecule has 0 unspecified atom stereocenters. The highest BCUT2D eigenvalue weighted by molar-refractivity contribution is 7.99. The van der Waals surface area contributed by atoms with Crippen LogP contribution in [0, 0.1) is 5.92 Å². The zero-order valence-electron chi connectivity index (χ0n) is 12.0. The molecule has 2 fully saturated rings. The number of benzene rings is 1. The number of carbonyl (C=O) groups is 2. The first-order valence-corrected chi connectivity index (χ1v) is 8.67. The van der Waals surface area contributed by atoms with E-state index in [-0.39, 0.29) is 17.7 Å². The zero-order valence-corrected chi connectivity index (χ0v) is 12.8. The van der Waals surface area contributed by atoms with E-state index in [1.54, 1.807) is 6.07 Å². The number of thioether (sulfide) groups is 1. The number of nitrogens with one attached hydrogen (secondary N) is 1. The second-order valence-electron chi connectivity index (χ2n) is 5.60. The van der Waals surface area contributed by atoms with Crippen LogP contribution in [0.5, 0.6) is 0 Å². The van der Waals surface area contributed by atoms with Crippen molar-refractivity contribution in [2.24, 2.45) is 5.92 Å². The zero-order chi connectivity index (χ0) is 14.7. The molecule has 0 spiro atoms. The predicted octanol–water partition coefficient (Wildman–Crippen LogP) is 2.61. The van der Waals surface area contributed by atoms with Crippen LogP contribution in [0.3, 0.4) is 0 Å². The lowest BCUT2D eigenvalue weighted by atomic mass is 10.1. The number of hydrogen-bond donors (Lipinski definition) is 1. The van der Waals surface area contributed by atoms with Crippen molar-refractivity contribution >= 4 is 29.3 Å². The molecule has 0 atom stereocenters. The Morgan fingerprint density at radius 2 is 2.05 bits per heavy atom. The Bertz CT molecular complexity index is 535. The first-order valence-electron chi connectivity index (χ1n) is 7.52. The number of nitrogens with zero attached hydrogens (tertiary/aromatic N) is 1. The molecular formula is C16H20N2O2S. The van der Waals surface area contributed by atoms with E-state index >= 15 is 0 Å². The molecule has 112 valence electrons.